The van der Waals surface area contributed by atoms with Gasteiger partial charge in [-0.3, -0.25) is 9.36 Å². The summed E-state index contributed by atoms with van der Waals surface area (Å²) >= 11 is 0. The van der Waals surface area contributed by atoms with Crippen molar-refractivity contribution in [2.24, 2.45) is 0 Å². The van der Waals surface area contributed by atoms with Crippen LogP contribution in [0.15, 0.2) is 47.3 Å². The van der Waals surface area contributed by atoms with E-state index in [0.29, 0.717) is 49.6 Å². The first kappa shape index (κ1) is 23.2. The van der Waals surface area contributed by atoms with Crippen LogP contribution < -0.4 is 10.5 Å². The van der Waals surface area contributed by atoms with Gasteiger partial charge in [0.05, 0.1) is 36.7 Å². The van der Waals surface area contributed by atoms with Gasteiger partial charge in [0.1, 0.15) is 5.82 Å². The smallest absolute Gasteiger partial charge is 0.409 e. The van der Waals surface area contributed by atoms with Gasteiger partial charge in [-0.2, -0.15) is 0 Å². The zero-order chi connectivity index (χ0) is 24.2. The van der Waals surface area contributed by atoms with Crippen molar-refractivity contribution in [2.75, 3.05) is 44.8 Å². The molecule has 1 amide bonds. The van der Waals surface area contributed by atoms with E-state index in [2.05, 4.69) is 0 Å². The van der Waals surface area contributed by atoms with Crippen molar-refractivity contribution in [3.8, 4) is 0 Å². The van der Waals surface area contributed by atoms with Crippen LogP contribution in [0.5, 0.6) is 0 Å². The van der Waals surface area contributed by atoms with Crippen LogP contribution in [-0.2, 0) is 16.0 Å². The van der Waals surface area contributed by atoms with E-state index in [9.17, 15) is 18.8 Å². The third-order valence-electron chi connectivity index (χ3n) is 5.70. The average Bonchev–Trinajstić information content (AvgIpc) is 2.86. The van der Waals surface area contributed by atoms with Crippen LogP contribution >= 0.6 is 0 Å². The Labute approximate surface area is 195 Å². The van der Waals surface area contributed by atoms with E-state index in [-0.39, 0.29) is 29.6 Å². The first-order valence-electron chi connectivity index (χ1n) is 10.9. The number of methoxy groups -OCH3 is 1. The van der Waals surface area contributed by atoms with Gasteiger partial charge in [0.15, 0.2) is 0 Å². The molecule has 1 aliphatic rings. The van der Waals surface area contributed by atoms with Crippen molar-refractivity contribution in [3.05, 3.63) is 69.8 Å². The number of aromatic nitrogens is 2. The number of amides is 1. The molecule has 178 valence electrons. The normalized spacial score (nSPS) is 13.7. The number of piperazine rings is 1. The monoisotopic (exact) mass is 468 g/mol. The highest BCUT2D eigenvalue weighted by Crippen LogP contribution is 2.20. The Kier molecular flexibility index (Phi) is 6.76. The number of anilines is 1. The molecule has 0 aliphatic carbocycles. The molecule has 0 bridgehead atoms. The Bertz CT molecular complexity index is 1270. The van der Waals surface area contributed by atoms with Crippen molar-refractivity contribution >= 4 is 28.9 Å². The number of carbonyl (C=O) groups excluding carboxylic acids is 2. The van der Waals surface area contributed by atoms with E-state index in [1.54, 1.807) is 30.0 Å². The molecule has 9 nitrogen and oxygen atoms in total. The van der Waals surface area contributed by atoms with Gasteiger partial charge in [0.25, 0.3) is 5.56 Å². The lowest BCUT2D eigenvalue weighted by Gasteiger charge is -2.35. The van der Waals surface area contributed by atoms with Gasteiger partial charge in [-0.25, -0.2) is 19.0 Å². The van der Waals surface area contributed by atoms with Crippen molar-refractivity contribution in [1.82, 2.24) is 14.5 Å². The van der Waals surface area contributed by atoms with Crippen molar-refractivity contribution in [1.29, 1.82) is 0 Å². The molecule has 0 spiro atoms. The molecule has 3 aromatic rings. The minimum Gasteiger partial charge on any atom is -0.465 e. The molecule has 0 radical (unpaired) electrons. The second kappa shape index (κ2) is 9.90. The number of halogens is 1. The molecule has 0 N–H and O–H groups in total. The molecule has 1 aromatic heterocycles. The fourth-order valence-corrected chi connectivity index (χ4v) is 3.91. The van der Waals surface area contributed by atoms with Crippen molar-refractivity contribution < 1.29 is 23.5 Å². The standard InChI is InChI=1S/C24H25FN4O5/c1-3-34-24(32)28-12-10-27(11-13-28)23-26-20-14-17(22(31)33-2)6-9-19(20)21(30)29(23)15-16-4-7-18(25)8-5-16/h4-9,14H,3,10-13,15H2,1-2H3. The maximum atomic E-state index is 13.5. The minimum atomic E-state index is -0.524. The number of hydrogen-bond donors (Lipinski definition) is 0. The van der Waals surface area contributed by atoms with Gasteiger partial charge in [-0.15, -0.1) is 0 Å². The van der Waals surface area contributed by atoms with Crippen LogP contribution in [0.1, 0.15) is 22.8 Å². The van der Waals surface area contributed by atoms with E-state index in [0.717, 1.165) is 5.56 Å². The fourth-order valence-electron chi connectivity index (χ4n) is 3.91. The van der Waals surface area contributed by atoms with Crippen molar-refractivity contribution in [3.63, 3.8) is 0 Å². The summed E-state index contributed by atoms with van der Waals surface area (Å²) in [5, 5.41) is 0.351. The Morgan fingerprint density at radius 3 is 2.41 bits per heavy atom. The zero-order valence-electron chi connectivity index (χ0n) is 19.0. The maximum absolute atomic E-state index is 13.5. The number of esters is 1. The van der Waals surface area contributed by atoms with Crippen molar-refractivity contribution in [2.45, 2.75) is 13.5 Å². The average molecular weight is 468 g/mol. The third kappa shape index (κ3) is 4.70. The van der Waals surface area contributed by atoms with E-state index in [4.69, 9.17) is 14.5 Å². The highest BCUT2D eigenvalue weighted by molar-refractivity contribution is 5.94. The SMILES string of the molecule is CCOC(=O)N1CCN(c2nc3cc(C(=O)OC)ccc3c(=O)n2Cc2ccc(F)cc2)CC1. The summed E-state index contributed by atoms with van der Waals surface area (Å²) in [5.74, 6) is -0.477. The second-order valence-electron chi connectivity index (χ2n) is 7.83. The Morgan fingerprint density at radius 1 is 1.06 bits per heavy atom. The Balaban J connectivity index is 1.75. The van der Waals surface area contributed by atoms with Crippen LogP contribution in [0.4, 0.5) is 15.1 Å². The number of rotatable bonds is 5. The summed E-state index contributed by atoms with van der Waals surface area (Å²) in [6.45, 7) is 3.94. The Hall–Kier alpha value is -3.95. The molecular formula is C24H25FN4O5. The van der Waals surface area contributed by atoms with Gasteiger partial charge < -0.3 is 19.3 Å². The summed E-state index contributed by atoms with van der Waals surface area (Å²) in [4.78, 5) is 45.8. The highest BCUT2D eigenvalue weighted by atomic mass is 19.1. The predicted octanol–water partition coefficient (Wildman–Crippen LogP) is 2.65. The van der Waals surface area contributed by atoms with Crippen LogP contribution in [0.25, 0.3) is 10.9 Å². The Morgan fingerprint density at radius 2 is 1.76 bits per heavy atom. The molecule has 0 saturated carbocycles. The molecule has 10 heteroatoms. The number of nitrogens with zero attached hydrogens (tertiary/aromatic N) is 4. The van der Waals surface area contributed by atoms with E-state index >= 15 is 0 Å². The van der Waals surface area contributed by atoms with Gasteiger partial charge in [-0.05, 0) is 42.8 Å². The maximum Gasteiger partial charge on any atom is 0.409 e. The lowest BCUT2D eigenvalue weighted by molar-refractivity contribution is 0.0600. The molecule has 1 fully saturated rings. The number of benzene rings is 2. The number of carbonyl (C=O) groups is 2. The summed E-state index contributed by atoms with van der Waals surface area (Å²) < 4.78 is 24.8. The summed E-state index contributed by atoms with van der Waals surface area (Å²) in [5.41, 5.74) is 1.11. The molecule has 4 rings (SSSR count). The van der Waals surface area contributed by atoms with Crippen LogP contribution in [0.3, 0.4) is 0 Å². The summed E-state index contributed by atoms with van der Waals surface area (Å²) in [6, 6.07) is 10.5. The van der Waals surface area contributed by atoms with E-state index < -0.39 is 5.97 Å². The first-order chi connectivity index (χ1) is 16.4. The zero-order valence-corrected chi connectivity index (χ0v) is 19.0. The summed E-state index contributed by atoms with van der Waals surface area (Å²) in [6.07, 6.45) is -0.375. The van der Waals surface area contributed by atoms with Gasteiger partial charge in [-0.1, -0.05) is 12.1 Å². The largest absolute Gasteiger partial charge is 0.465 e. The molecule has 2 heterocycles. The number of ether oxygens (including phenoxy) is 2. The second-order valence-corrected chi connectivity index (χ2v) is 7.83. The van der Waals surface area contributed by atoms with Crippen LogP contribution in [0, 0.1) is 5.82 Å². The minimum absolute atomic E-state index is 0.189. The molecular weight excluding hydrogens is 443 g/mol. The highest BCUT2D eigenvalue weighted by Gasteiger charge is 2.26. The van der Waals surface area contributed by atoms with E-state index in [1.165, 1.54) is 35.9 Å². The lowest BCUT2D eigenvalue weighted by Crippen LogP contribution is -2.50. The van der Waals surface area contributed by atoms with Gasteiger partial charge in [0, 0.05) is 26.2 Å². The van der Waals surface area contributed by atoms with Gasteiger partial charge >= 0.3 is 12.1 Å². The van der Waals surface area contributed by atoms with E-state index in [1.807, 2.05) is 4.90 Å². The lowest BCUT2D eigenvalue weighted by atomic mass is 10.1. The molecule has 34 heavy (non-hydrogen) atoms. The predicted molar refractivity (Wildman–Crippen MR) is 124 cm³/mol. The molecule has 2 aromatic carbocycles. The molecule has 1 saturated heterocycles. The fraction of sp³-hybridized carbons (Fsp3) is 0.333. The van der Waals surface area contributed by atoms with Crippen LogP contribution in [-0.4, -0.2) is 66.4 Å². The molecule has 0 unspecified atom stereocenters. The summed E-state index contributed by atoms with van der Waals surface area (Å²) in [7, 11) is 1.29. The number of hydrogen-bond acceptors (Lipinski definition) is 7. The molecule has 1 aliphatic heterocycles. The van der Waals surface area contributed by atoms with Gasteiger partial charge in [0.2, 0.25) is 5.95 Å². The third-order valence-corrected chi connectivity index (χ3v) is 5.70. The quantitative estimate of drug-likeness (QED) is 0.532. The van der Waals surface area contributed by atoms with Crippen LogP contribution in [0.2, 0.25) is 0 Å². The first-order valence-corrected chi connectivity index (χ1v) is 10.9. The number of fused-ring (bicyclic) bond motifs is 1. The molecule has 0 atom stereocenters. The topological polar surface area (TPSA) is 94.0 Å².